The first-order valence-electron chi connectivity index (χ1n) is 6.80. The van der Waals surface area contributed by atoms with Crippen molar-refractivity contribution in [2.75, 3.05) is 13.1 Å². The molecular formula is C14H21ClN2OS. The van der Waals surface area contributed by atoms with Crippen LogP contribution in [0.25, 0.3) is 0 Å². The lowest BCUT2D eigenvalue weighted by atomic mass is 9.84. The third-order valence-corrected chi connectivity index (χ3v) is 5.52. The van der Waals surface area contributed by atoms with Crippen molar-refractivity contribution in [1.29, 1.82) is 0 Å². The summed E-state index contributed by atoms with van der Waals surface area (Å²) in [5.74, 6) is 0.305. The predicted molar refractivity (Wildman–Crippen MR) is 80.6 cm³/mol. The Morgan fingerprint density at radius 2 is 2.16 bits per heavy atom. The topological polar surface area (TPSA) is 46.3 Å². The van der Waals surface area contributed by atoms with Gasteiger partial charge in [0, 0.05) is 24.5 Å². The Bertz CT molecular complexity index is 454. The number of rotatable bonds is 2. The molecule has 19 heavy (non-hydrogen) atoms. The molecule has 2 heterocycles. The van der Waals surface area contributed by atoms with Crippen molar-refractivity contribution in [2.45, 2.75) is 38.6 Å². The number of nitrogens with two attached hydrogens (primary N) is 1. The molecule has 0 atom stereocenters. The molecular weight excluding hydrogens is 280 g/mol. The molecule has 2 aliphatic rings. The van der Waals surface area contributed by atoms with Crippen molar-refractivity contribution in [2.24, 2.45) is 11.1 Å². The number of carbonyl (C=O) groups is 1. The second-order valence-electron chi connectivity index (χ2n) is 5.54. The summed E-state index contributed by atoms with van der Waals surface area (Å²) in [4.78, 5) is 16.2. The molecule has 1 aliphatic heterocycles. The number of amides is 1. The third kappa shape index (κ3) is 2.54. The van der Waals surface area contributed by atoms with Gasteiger partial charge >= 0.3 is 0 Å². The van der Waals surface area contributed by atoms with Crippen LogP contribution in [0.2, 0.25) is 0 Å². The van der Waals surface area contributed by atoms with Gasteiger partial charge in [-0.2, -0.15) is 0 Å². The molecule has 0 radical (unpaired) electrons. The summed E-state index contributed by atoms with van der Waals surface area (Å²) >= 11 is 1.81. The summed E-state index contributed by atoms with van der Waals surface area (Å²) in [7, 11) is 0. The minimum absolute atomic E-state index is 0. The highest BCUT2D eigenvalue weighted by molar-refractivity contribution is 7.10. The molecule has 1 aliphatic carbocycles. The molecule has 3 nitrogen and oxygen atoms in total. The maximum atomic E-state index is 12.7. The van der Waals surface area contributed by atoms with Crippen LogP contribution in [0.4, 0.5) is 0 Å². The van der Waals surface area contributed by atoms with Crippen LogP contribution >= 0.6 is 23.7 Å². The first-order chi connectivity index (χ1) is 8.75. The zero-order valence-corrected chi connectivity index (χ0v) is 12.7. The van der Waals surface area contributed by atoms with Gasteiger partial charge in [-0.15, -0.1) is 23.7 Å². The van der Waals surface area contributed by atoms with Crippen LogP contribution in [-0.2, 0) is 17.8 Å². The van der Waals surface area contributed by atoms with Gasteiger partial charge in [0.25, 0.3) is 0 Å². The van der Waals surface area contributed by atoms with Crippen LogP contribution in [-0.4, -0.2) is 23.9 Å². The van der Waals surface area contributed by atoms with Gasteiger partial charge in [-0.3, -0.25) is 4.79 Å². The van der Waals surface area contributed by atoms with Crippen molar-refractivity contribution >= 4 is 29.7 Å². The van der Waals surface area contributed by atoms with Crippen molar-refractivity contribution in [3.8, 4) is 0 Å². The first-order valence-corrected chi connectivity index (χ1v) is 7.68. The summed E-state index contributed by atoms with van der Waals surface area (Å²) in [5, 5.41) is 2.13. The number of nitrogens with zero attached hydrogens (tertiary/aromatic N) is 1. The number of thiophene rings is 1. The van der Waals surface area contributed by atoms with E-state index in [1.165, 1.54) is 10.4 Å². The minimum Gasteiger partial charge on any atom is -0.337 e. The monoisotopic (exact) mass is 300 g/mol. The van der Waals surface area contributed by atoms with Gasteiger partial charge in [0.2, 0.25) is 5.91 Å². The van der Waals surface area contributed by atoms with E-state index in [9.17, 15) is 4.79 Å². The normalized spacial score (nSPS) is 20.8. The molecule has 1 fully saturated rings. The van der Waals surface area contributed by atoms with Gasteiger partial charge in [0.05, 0.1) is 5.41 Å². The highest BCUT2D eigenvalue weighted by Crippen LogP contribution is 2.40. The lowest BCUT2D eigenvalue weighted by molar-refractivity contribution is -0.142. The fourth-order valence-electron chi connectivity index (χ4n) is 3.31. The zero-order chi connectivity index (χ0) is 12.6. The Balaban J connectivity index is 0.00000133. The Hall–Kier alpha value is -0.580. The van der Waals surface area contributed by atoms with Crippen molar-refractivity contribution in [1.82, 2.24) is 4.90 Å². The van der Waals surface area contributed by atoms with E-state index in [0.29, 0.717) is 12.5 Å². The Labute approximate surface area is 124 Å². The van der Waals surface area contributed by atoms with Gasteiger partial charge < -0.3 is 10.6 Å². The quantitative estimate of drug-likeness (QED) is 0.912. The van der Waals surface area contributed by atoms with Crippen LogP contribution in [0.5, 0.6) is 0 Å². The van der Waals surface area contributed by atoms with E-state index in [2.05, 4.69) is 11.4 Å². The van der Waals surface area contributed by atoms with Crippen LogP contribution in [0, 0.1) is 5.41 Å². The average molecular weight is 301 g/mol. The number of hydrogen-bond donors (Lipinski definition) is 1. The molecule has 2 N–H and O–H groups in total. The number of halogens is 1. The van der Waals surface area contributed by atoms with E-state index in [1.807, 2.05) is 16.2 Å². The average Bonchev–Trinajstić information content (AvgIpc) is 3.06. The van der Waals surface area contributed by atoms with Crippen LogP contribution in [0.1, 0.15) is 36.1 Å². The van der Waals surface area contributed by atoms with Gasteiger partial charge in [-0.1, -0.05) is 12.8 Å². The van der Waals surface area contributed by atoms with E-state index in [0.717, 1.165) is 45.2 Å². The smallest absolute Gasteiger partial charge is 0.230 e. The second kappa shape index (κ2) is 5.81. The standard InChI is InChI=1S/C14H20N2OS.ClH/c15-10-14(5-1-2-6-14)13(17)16-7-3-12-11(9-16)4-8-18-12;/h4,8H,1-3,5-7,9-10,15H2;1H. The summed E-state index contributed by atoms with van der Waals surface area (Å²) in [6, 6.07) is 2.16. The molecule has 3 rings (SSSR count). The highest BCUT2D eigenvalue weighted by atomic mass is 35.5. The molecule has 0 unspecified atom stereocenters. The van der Waals surface area contributed by atoms with Crippen LogP contribution in [0.15, 0.2) is 11.4 Å². The summed E-state index contributed by atoms with van der Waals surface area (Å²) in [5.41, 5.74) is 7.00. The van der Waals surface area contributed by atoms with Crippen LogP contribution < -0.4 is 5.73 Å². The molecule has 1 aromatic rings. The lowest BCUT2D eigenvalue weighted by Crippen LogP contribution is -2.48. The Morgan fingerprint density at radius 3 is 2.84 bits per heavy atom. The van der Waals surface area contributed by atoms with Crippen molar-refractivity contribution < 1.29 is 4.79 Å². The third-order valence-electron chi connectivity index (χ3n) is 4.50. The number of hydrogen-bond acceptors (Lipinski definition) is 3. The van der Waals surface area contributed by atoms with Crippen molar-refractivity contribution in [3.63, 3.8) is 0 Å². The van der Waals surface area contributed by atoms with E-state index in [-0.39, 0.29) is 17.8 Å². The van der Waals surface area contributed by atoms with Gasteiger partial charge in [-0.25, -0.2) is 0 Å². The molecule has 0 saturated heterocycles. The fourth-order valence-corrected chi connectivity index (χ4v) is 4.20. The van der Waals surface area contributed by atoms with E-state index < -0.39 is 0 Å². The van der Waals surface area contributed by atoms with Gasteiger partial charge in [0.1, 0.15) is 0 Å². The summed E-state index contributed by atoms with van der Waals surface area (Å²) < 4.78 is 0. The molecule has 0 aromatic carbocycles. The van der Waals surface area contributed by atoms with E-state index in [4.69, 9.17) is 5.73 Å². The lowest BCUT2D eigenvalue weighted by Gasteiger charge is -2.35. The SMILES string of the molecule is Cl.NCC1(C(=O)N2CCc3sccc3C2)CCCC1. The molecule has 106 valence electrons. The molecule has 1 aromatic heterocycles. The van der Waals surface area contributed by atoms with Gasteiger partial charge in [0.15, 0.2) is 0 Å². The highest BCUT2D eigenvalue weighted by Gasteiger charge is 2.42. The number of fused-ring (bicyclic) bond motifs is 1. The number of carbonyl (C=O) groups excluding carboxylic acids is 1. The minimum atomic E-state index is -0.243. The van der Waals surface area contributed by atoms with Gasteiger partial charge in [-0.05, 0) is 36.3 Å². The Morgan fingerprint density at radius 1 is 1.42 bits per heavy atom. The first kappa shape index (κ1) is 14.8. The Kier molecular flexibility index (Phi) is 4.54. The second-order valence-corrected chi connectivity index (χ2v) is 6.54. The summed E-state index contributed by atoms with van der Waals surface area (Å²) in [6.45, 7) is 2.17. The van der Waals surface area contributed by atoms with Crippen molar-refractivity contribution in [3.05, 3.63) is 21.9 Å². The zero-order valence-electron chi connectivity index (χ0n) is 11.1. The molecule has 1 amide bonds. The fraction of sp³-hybridized carbons (Fsp3) is 0.643. The maximum absolute atomic E-state index is 12.7. The predicted octanol–water partition coefficient (Wildman–Crippen LogP) is 2.57. The largest absolute Gasteiger partial charge is 0.337 e. The van der Waals surface area contributed by atoms with E-state index >= 15 is 0 Å². The summed E-state index contributed by atoms with van der Waals surface area (Å²) in [6.07, 6.45) is 5.28. The molecule has 5 heteroatoms. The molecule has 0 spiro atoms. The molecule has 1 saturated carbocycles. The van der Waals surface area contributed by atoms with Crippen LogP contribution in [0.3, 0.4) is 0 Å². The molecule has 0 bridgehead atoms. The van der Waals surface area contributed by atoms with E-state index in [1.54, 1.807) is 0 Å². The maximum Gasteiger partial charge on any atom is 0.230 e.